The minimum atomic E-state index is 0.0315. The molecule has 0 spiro atoms. The number of hydrogen-bond donors (Lipinski definition) is 1. The molecule has 0 saturated heterocycles. The van der Waals surface area contributed by atoms with Crippen LogP contribution in [0.3, 0.4) is 0 Å². The standard InChI is InChI=1S/C15H20N2O/c1-2-18-9-5-8-15(16)14-11-17-10-12-6-3-4-7-13(12)14/h3-4,6-7,10-11,15H,2,5,8-9,16H2,1H3. The van der Waals surface area contributed by atoms with Crippen LogP contribution in [0.2, 0.25) is 0 Å². The second kappa shape index (κ2) is 6.47. The maximum absolute atomic E-state index is 6.25. The molecule has 0 bridgehead atoms. The first-order valence-corrected chi connectivity index (χ1v) is 6.49. The van der Waals surface area contributed by atoms with E-state index in [-0.39, 0.29) is 6.04 Å². The molecule has 2 aromatic rings. The van der Waals surface area contributed by atoms with E-state index in [9.17, 15) is 0 Å². The van der Waals surface area contributed by atoms with Crippen molar-refractivity contribution >= 4 is 10.8 Å². The van der Waals surface area contributed by atoms with Gasteiger partial charge in [0, 0.05) is 37.0 Å². The van der Waals surface area contributed by atoms with Crippen molar-refractivity contribution in [2.75, 3.05) is 13.2 Å². The van der Waals surface area contributed by atoms with Gasteiger partial charge in [-0.1, -0.05) is 24.3 Å². The monoisotopic (exact) mass is 244 g/mol. The van der Waals surface area contributed by atoms with Crippen LogP contribution in [0.15, 0.2) is 36.7 Å². The SMILES string of the molecule is CCOCCCC(N)c1cncc2ccccc12. The van der Waals surface area contributed by atoms with E-state index < -0.39 is 0 Å². The van der Waals surface area contributed by atoms with Crippen molar-refractivity contribution in [2.24, 2.45) is 5.73 Å². The number of ether oxygens (including phenoxy) is 1. The van der Waals surface area contributed by atoms with Gasteiger partial charge in [0.15, 0.2) is 0 Å². The zero-order valence-electron chi connectivity index (χ0n) is 10.8. The summed E-state index contributed by atoms with van der Waals surface area (Å²) in [5.74, 6) is 0. The van der Waals surface area contributed by atoms with Crippen LogP contribution in [0, 0.1) is 0 Å². The van der Waals surface area contributed by atoms with Gasteiger partial charge in [0.05, 0.1) is 0 Å². The maximum atomic E-state index is 6.25. The largest absolute Gasteiger partial charge is 0.382 e. The third-order valence-corrected chi connectivity index (χ3v) is 3.11. The van der Waals surface area contributed by atoms with Gasteiger partial charge in [-0.05, 0) is 30.7 Å². The molecule has 1 aromatic heterocycles. The number of benzene rings is 1. The van der Waals surface area contributed by atoms with Crippen molar-refractivity contribution in [3.05, 3.63) is 42.2 Å². The van der Waals surface area contributed by atoms with Gasteiger partial charge >= 0.3 is 0 Å². The smallest absolute Gasteiger partial charge is 0.0466 e. The average molecular weight is 244 g/mol. The van der Waals surface area contributed by atoms with E-state index in [0.29, 0.717) is 0 Å². The highest BCUT2D eigenvalue weighted by Gasteiger charge is 2.09. The molecule has 1 heterocycles. The molecule has 0 radical (unpaired) electrons. The number of aromatic nitrogens is 1. The Balaban J connectivity index is 2.10. The van der Waals surface area contributed by atoms with E-state index in [1.807, 2.05) is 31.5 Å². The quantitative estimate of drug-likeness (QED) is 0.794. The molecule has 1 unspecified atom stereocenters. The van der Waals surface area contributed by atoms with Crippen LogP contribution in [0.25, 0.3) is 10.8 Å². The summed E-state index contributed by atoms with van der Waals surface area (Å²) in [4.78, 5) is 4.27. The van der Waals surface area contributed by atoms with Crippen LogP contribution < -0.4 is 5.73 Å². The molecule has 1 aromatic carbocycles. The molecule has 3 nitrogen and oxygen atoms in total. The fraction of sp³-hybridized carbons (Fsp3) is 0.400. The van der Waals surface area contributed by atoms with Crippen molar-refractivity contribution in [3.8, 4) is 0 Å². The summed E-state index contributed by atoms with van der Waals surface area (Å²) in [7, 11) is 0. The van der Waals surface area contributed by atoms with Crippen LogP contribution in [-0.2, 0) is 4.74 Å². The topological polar surface area (TPSA) is 48.1 Å². The van der Waals surface area contributed by atoms with Gasteiger partial charge in [-0.15, -0.1) is 0 Å². The van der Waals surface area contributed by atoms with E-state index in [1.165, 1.54) is 5.39 Å². The van der Waals surface area contributed by atoms with Gasteiger partial charge in [-0.3, -0.25) is 4.98 Å². The molecular formula is C15H20N2O. The molecular weight excluding hydrogens is 224 g/mol. The van der Waals surface area contributed by atoms with Crippen molar-refractivity contribution in [2.45, 2.75) is 25.8 Å². The first-order chi connectivity index (χ1) is 8.83. The molecule has 0 fully saturated rings. The van der Waals surface area contributed by atoms with E-state index in [4.69, 9.17) is 10.5 Å². The molecule has 1 atom stereocenters. The highest BCUT2D eigenvalue weighted by molar-refractivity contribution is 5.84. The Morgan fingerprint density at radius 3 is 2.94 bits per heavy atom. The molecule has 0 aliphatic rings. The number of nitrogens with zero attached hydrogens (tertiary/aromatic N) is 1. The number of pyridine rings is 1. The molecule has 2 N–H and O–H groups in total. The Hall–Kier alpha value is -1.45. The first-order valence-electron chi connectivity index (χ1n) is 6.49. The molecule has 0 saturated carbocycles. The van der Waals surface area contributed by atoms with E-state index in [0.717, 1.165) is 37.0 Å². The Morgan fingerprint density at radius 1 is 1.28 bits per heavy atom. The van der Waals surface area contributed by atoms with Crippen LogP contribution in [0.1, 0.15) is 31.4 Å². The van der Waals surface area contributed by atoms with Crippen molar-refractivity contribution in [1.29, 1.82) is 0 Å². The Bertz CT molecular complexity index is 493. The third-order valence-electron chi connectivity index (χ3n) is 3.11. The van der Waals surface area contributed by atoms with Crippen molar-refractivity contribution in [3.63, 3.8) is 0 Å². The van der Waals surface area contributed by atoms with Crippen LogP contribution >= 0.6 is 0 Å². The first kappa shape index (κ1) is 13.0. The normalized spacial score (nSPS) is 12.8. The molecule has 2 rings (SSSR count). The lowest BCUT2D eigenvalue weighted by atomic mass is 9.99. The molecule has 0 amide bonds. The fourth-order valence-electron chi connectivity index (χ4n) is 2.14. The van der Waals surface area contributed by atoms with E-state index in [2.05, 4.69) is 17.1 Å². The predicted molar refractivity (Wildman–Crippen MR) is 74.4 cm³/mol. The van der Waals surface area contributed by atoms with Gasteiger partial charge in [-0.25, -0.2) is 0 Å². The number of rotatable bonds is 6. The predicted octanol–water partition coefficient (Wildman–Crippen LogP) is 3.05. The van der Waals surface area contributed by atoms with Crippen molar-refractivity contribution < 1.29 is 4.74 Å². The van der Waals surface area contributed by atoms with E-state index in [1.54, 1.807) is 0 Å². The number of nitrogens with two attached hydrogens (primary N) is 1. The van der Waals surface area contributed by atoms with Gasteiger partial charge in [0.1, 0.15) is 0 Å². The molecule has 18 heavy (non-hydrogen) atoms. The lowest BCUT2D eigenvalue weighted by molar-refractivity contribution is 0.142. The summed E-state index contributed by atoms with van der Waals surface area (Å²) in [6.07, 6.45) is 5.67. The highest BCUT2D eigenvalue weighted by Crippen LogP contribution is 2.24. The summed E-state index contributed by atoms with van der Waals surface area (Å²) in [6.45, 7) is 3.56. The van der Waals surface area contributed by atoms with Gasteiger partial charge in [-0.2, -0.15) is 0 Å². The molecule has 0 aliphatic carbocycles. The molecule has 0 aliphatic heterocycles. The summed E-state index contributed by atoms with van der Waals surface area (Å²) in [5.41, 5.74) is 7.38. The Labute approximate surface area is 108 Å². The van der Waals surface area contributed by atoms with Crippen molar-refractivity contribution in [1.82, 2.24) is 4.98 Å². The third kappa shape index (κ3) is 3.06. The average Bonchev–Trinajstić information content (AvgIpc) is 2.43. The minimum absolute atomic E-state index is 0.0315. The lowest BCUT2D eigenvalue weighted by Crippen LogP contribution is -2.12. The van der Waals surface area contributed by atoms with Gasteiger partial charge in [0.2, 0.25) is 0 Å². The van der Waals surface area contributed by atoms with Crippen LogP contribution in [0.4, 0.5) is 0 Å². The minimum Gasteiger partial charge on any atom is -0.382 e. The lowest BCUT2D eigenvalue weighted by Gasteiger charge is -2.14. The maximum Gasteiger partial charge on any atom is 0.0466 e. The molecule has 3 heteroatoms. The molecule has 96 valence electrons. The zero-order chi connectivity index (χ0) is 12.8. The Morgan fingerprint density at radius 2 is 2.11 bits per heavy atom. The fourth-order valence-corrected chi connectivity index (χ4v) is 2.14. The van der Waals surface area contributed by atoms with Gasteiger partial charge < -0.3 is 10.5 Å². The summed E-state index contributed by atoms with van der Waals surface area (Å²) in [6, 6.07) is 8.27. The Kier molecular flexibility index (Phi) is 4.67. The second-order valence-electron chi connectivity index (χ2n) is 4.40. The second-order valence-corrected chi connectivity index (χ2v) is 4.40. The zero-order valence-corrected chi connectivity index (χ0v) is 10.8. The van der Waals surface area contributed by atoms with Gasteiger partial charge in [0.25, 0.3) is 0 Å². The number of fused-ring (bicyclic) bond motifs is 1. The highest BCUT2D eigenvalue weighted by atomic mass is 16.5. The summed E-state index contributed by atoms with van der Waals surface area (Å²) in [5, 5.41) is 2.35. The number of hydrogen-bond acceptors (Lipinski definition) is 3. The van der Waals surface area contributed by atoms with E-state index >= 15 is 0 Å². The summed E-state index contributed by atoms with van der Waals surface area (Å²) < 4.78 is 5.34. The summed E-state index contributed by atoms with van der Waals surface area (Å²) >= 11 is 0. The van der Waals surface area contributed by atoms with Crippen LogP contribution in [-0.4, -0.2) is 18.2 Å². The van der Waals surface area contributed by atoms with Crippen LogP contribution in [0.5, 0.6) is 0 Å².